The Bertz CT molecular complexity index is 919. The molecule has 4 rings (SSSR count). The van der Waals surface area contributed by atoms with Gasteiger partial charge in [0.15, 0.2) is 10.8 Å². The summed E-state index contributed by atoms with van der Waals surface area (Å²) in [6, 6.07) is 0.240. The first kappa shape index (κ1) is 18.4. The summed E-state index contributed by atoms with van der Waals surface area (Å²) in [4.78, 5) is 28.4. The second-order valence-corrected chi connectivity index (χ2v) is 8.96. The molecule has 1 aliphatic rings. The molecule has 27 heavy (non-hydrogen) atoms. The van der Waals surface area contributed by atoms with Crippen LogP contribution in [0.25, 0.3) is 11.0 Å². The summed E-state index contributed by atoms with van der Waals surface area (Å²) in [5.74, 6) is 0.0949. The van der Waals surface area contributed by atoms with Gasteiger partial charge in [-0.1, -0.05) is 31.0 Å². The van der Waals surface area contributed by atoms with E-state index >= 15 is 0 Å². The van der Waals surface area contributed by atoms with Gasteiger partial charge in [0.25, 0.3) is 0 Å². The summed E-state index contributed by atoms with van der Waals surface area (Å²) in [6.45, 7) is 1.95. The van der Waals surface area contributed by atoms with Crippen LogP contribution in [0.3, 0.4) is 0 Å². The molecule has 7 nitrogen and oxygen atoms in total. The van der Waals surface area contributed by atoms with Crippen molar-refractivity contribution in [2.24, 2.45) is 7.05 Å². The standard InChI is InChI=1S/C18H22N6OS2/c1-12(27-16-14-10-22-23(2)15(14)20-11-21-16)17(25)24(18-19-8-9-26-18)13-6-4-3-5-7-13/h8-13H,3-7H2,1-2H3/t12-/m1/s1. The molecule has 142 valence electrons. The number of hydrogen-bond acceptors (Lipinski definition) is 7. The first-order chi connectivity index (χ1) is 13.1. The topological polar surface area (TPSA) is 76.8 Å². The Kier molecular flexibility index (Phi) is 5.40. The second kappa shape index (κ2) is 7.93. The average molecular weight is 403 g/mol. The summed E-state index contributed by atoms with van der Waals surface area (Å²) >= 11 is 2.99. The van der Waals surface area contributed by atoms with Gasteiger partial charge < -0.3 is 0 Å². The van der Waals surface area contributed by atoms with E-state index in [0.717, 1.165) is 34.0 Å². The molecule has 0 radical (unpaired) electrons. The molecular weight excluding hydrogens is 380 g/mol. The molecule has 1 saturated carbocycles. The van der Waals surface area contributed by atoms with Crippen LogP contribution < -0.4 is 4.90 Å². The van der Waals surface area contributed by atoms with Crippen molar-refractivity contribution in [2.45, 2.75) is 55.3 Å². The number of anilines is 1. The van der Waals surface area contributed by atoms with Gasteiger partial charge >= 0.3 is 0 Å². The maximum absolute atomic E-state index is 13.4. The van der Waals surface area contributed by atoms with Crippen LogP contribution in [-0.2, 0) is 11.8 Å². The zero-order valence-electron chi connectivity index (χ0n) is 15.4. The highest BCUT2D eigenvalue weighted by atomic mass is 32.2. The molecule has 1 fully saturated rings. The predicted octanol–water partition coefficient (Wildman–Crippen LogP) is 3.67. The molecule has 3 heterocycles. The summed E-state index contributed by atoms with van der Waals surface area (Å²) in [5.41, 5.74) is 0.774. The number of amides is 1. The molecule has 3 aromatic heterocycles. The highest BCUT2D eigenvalue weighted by Crippen LogP contribution is 2.33. The number of fused-ring (bicyclic) bond motifs is 1. The minimum atomic E-state index is -0.269. The highest BCUT2D eigenvalue weighted by molar-refractivity contribution is 8.00. The lowest BCUT2D eigenvalue weighted by Crippen LogP contribution is -2.45. The number of aromatic nitrogens is 5. The van der Waals surface area contributed by atoms with Crippen molar-refractivity contribution in [1.29, 1.82) is 0 Å². The largest absolute Gasteiger partial charge is 0.284 e. The molecular formula is C18H22N6OS2. The summed E-state index contributed by atoms with van der Waals surface area (Å²) < 4.78 is 1.72. The van der Waals surface area contributed by atoms with Crippen molar-refractivity contribution < 1.29 is 4.79 Å². The number of thioether (sulfide) groups is 1. The molecule has 0 bridgehead atoms. The van der Waals surface area contributed by atoms with E-state index in [4.69, 9.17) is 0 Å². The lowest BCUT2D eigenvalue weighted by atomic mass is 9.94. The van der Waals surface area contributed by atoms with Crippen LogP contribution >= 0.6 is 23.1 Å². The quantitative estimate of drug-likeness (QED) is 0.479. The smallest absolute Gasteiger partial charge is 0.242 e. The average Bonchev–Trinajstić information content (AvgIpc) is 3.34. The molecule has 9 heteroatoms. The molecule has 0 N–H and O–H groups in total. The van der Waals surface area contributed by atoms with Crippen LogP contribution in [0.1, 0.15) is 39.0 Å². The van der Waals surface area contributed by atoms with Gasteiger partial charge in [-0.2, -0.15) is 5.10 Å². The van der Waals surface area contributed by atoms with Gasteiger partial charge in [0.2, 0.25) is 5.91 Å². The van der Waals surface area contributed by atoms with E-state index in [0.29, 0.717) is 0 Å². The van der Waals surface area contributed by atoms with Gasteiger partial charge in [0.05, 0.1) is 16.8 Å². The second-order valence-electron chi connectivity index (χ2n) is 6.76. The van der Waals surface area contributed by atoms with E-state index < -0.39 is 0 Å². The Labute approximate surface area is 166 Å². The van der Waals surface area contributed by atoms with Crippen molar-refractivity contribution in [1.82, 2.24) is 24.7 Å². The molecule has 0 unspecified atom stereocenters. The highest BCUT2D eigenvalue weighted by Gasteiger charge is 2.32. The number of carbonyl (C=O) groups is 1. The number of carbonyl (C=O) groups excluding carboxylic acids is 1. The minimum Gasteiger partial charge on any atom is -0.284 e. The maximum Gasteiger partial charge on any atom is 0.242 e. The van der Waals surface area contributed by atoms with Crippen LogP contribution in [0, 0.1) is 0 Å². The Morgan fingerprint density at radius 3 is 2.85 bits per heavy atom. The molecule has 0 saturated heterocycles. The third-order valence-corrected chi connectivity index (χ3v) is 6.81. The lowest BCUT2D eigenvalue weighted by molar-refractivity contribution is -0.118. The van der Waals surface area contributed by atoms with E-state index in [1.807, 2.05) is 24.3 Å². The Hall–Kier alpha value is -2.00. The Morgan fingerprint density at radius 2 is 2.11 bits per heavy atom. The van der Waals surface area contributed by atoms with E-state index in [-0.39, 0.29) is 17.2 Å². The first-order valence-electron chi connectivity index (χ1n) is 9.17. The van der Waals surface area contributed by atoms with Crippen LogP contribution in [0.15, 0.2) is 29.1 Å². The van der Waals surface area contributed by atoms with Gasteiger partial charge in [-0.25, -0.2) is 15.0 Å². The monoisotopic (exact) mass is 402 g/mol. The van der Waals surface area contributed by atoms with Gasteiger partial charge in [0.1, 0.15) is 11.4 Å². The van der Waals surface area contributed by atoms with Crippen LogP contribution in [0.2, 0.25) is 0 Å². The molecule has 3 aromatic rings. The fourth-order valence-corrected chi connectivity index (χ4v) is 5.20. The van der Waals surface area contributed by atoms with E-state index in [1.54, 1.807) is 17.1 Å². The number of hydrogen-bond donors (Lipinski definition) is 0. The first-order valence-corrected chi connectivity index (χ1v) is 10.9. The molecule has 1 atom stereocenters. The lowest BCUT2D eigenvalue weighted by Gasteiger charge is -2.34. The van der Waals surface area contributed by atoms with E-state index in [1.165, 1.54) is 48.7 Å². The third-order valence-electron chi connectivity index (χ3n) is 4.93. The molecule has 1 amide bonds. The number of aryl methyl sites for hydroxylation is 1. The van der Waals surface area contributed by atoms with Crippen molar-refractivity contribution in [3.05, 3.63) is 24.1 Å². The number of thiazole rings is 1. The molecule has 0 spiro atoms. The predicted molar refractivity (Wildman–Crippen MR) is 108 cm³/mol. The zero-order valence-corrected chi connectivity index (χ0v) is 17.0. The summed E-state index contributed by atoms with van der Waals surface area (Å²) in [5, 5.41) is 8.38. The van der Waals surface area contributed by atoms with Gasteiger partial charge in [0, 0.05) is 24.7 Å². The molecule has 1 aliphatic carbocycles. The van der Waals surface area contributed by atoms with Crippen molar-refractivity contribution in [3.8, 4) is 0 Å². The summed E-state index contributed by atoms with van der Waals surface area (Å²) in [6.07, 6.45) is 10.7. The van der Waals surface area contributed by atoms with Gasteiger partial charge in [-0.15, -0.1) is 11.3 Å². The Morgan fingerprint density at radius 1 is 1.30 bits per heavy atom. The van der Waals surface area contributed by atoms with Crippen molar-refractivity contribution in [3.63, 3.8) is 0 Å². The summed E-state index contributed by atoms with van der Waals surface area (Å²) in [7, 11) is 1.85. The molecule has 0 aliphatic heterocycles. The normalized spacial score (nSPS) is 16.5. The SMILES string of the molecule is C[C@@H](Sc1ncnc2c1cnn2C)C(=O)N(c1nccs1)C1CCCCC1. The third kappa shape index (κ3) is 3.70. The fraction of sp³-hybridized carbons (Fsp3) is 0.500. The van der Waals surface area contributed by atoms with E-state index in [2.05, 4.69) is 20.1 Å². The van der Waals surface area contributed by atoms with Crippen LogP contribution in [0.4, 0.5) is 5.13 Å². The minimum absolute atomic E-state index is 0.0949. The number of rotatable bonds is 5. The van der Waals surface area contributed by atoms with Crippen molar-refractivity contribution >= 4 is 45.2 Å². The zero-order chi connectivity index (χ0) is 18.8. The molecule has 0 aromatic carbocycles. The van der Waals surface area contributed by atoms with E-state index in [9.17, 15) is 4.79 Å². The maximum atomic E-state index is 13.4. The number of nitrogens with zero attached hydrogens (tertiary/aromatic N) is 6. The fourth-order valence-electron chi connectivity index (χ4n) is 3.55. The Balaban J connectivity index is 1.58. The van der Waals surface area contributed by atoms with Crippen molar-refractivity contribution in [2.75, 3.05) is 4.90 Å². The van der Waals surface area contributed by atoms with Crippen LogP contribution in [0.5, 0.6) is 0 Å². The van der Waals surface area contributed by atoms with Gasteiger partial charge in [-0.05, 0) is 19.8 Å². The van der Waals surface area contributed by atoms with Gasteiger partial charge in [-0.3, -0.25) is 14.4 Å². The van der Waals surface area contributed by atoms with Crippen LogP contribution in [-0.4, -0.2) is 41.9 Å².